The highest BCUT2D eigenvalue weighted by atomic mass is 35.5. The van der Waals surface area contributed by atoms with Crippen LogP contribution in [0, 0.1) is 0 Å². The Bertz CT molecular complexity index is 1370. The molecule has 0 fully saturated rings. The van der Waals surface area contributed by atoms with E-state index >= 15 is 0 Å². The lowest BCUT2D eigenvalue weighted by Gasteiger charge is -2.10. The molecule has 2 aromatic heterocycles. The molecule has 0 atom stereocenters. The molecule has 0 spiro atoms. The molecule has 0 saturated carbocycles. The first-order chi connectivity index (χ1) is 16.7. The molecular formula is C25H20ClN5O2S. The van der Waals surface area contributed by atoms with E-state index in [1.165, 1.54) is 11.8 Å². The van der Waals surface area contributed by atoms with Crippen LogP contribution in [0.4, 0.5) is 0 Å². The van der Waals surface area contributed by atoms with Crippen LogP contribution in [0.1, 0.15) is 12.8 Å². The van der Waals surface area contributed by atoms with Gasteiger partial charge >= 0.3 is 0 Å². The third-order valence-corrected chi connectivity index (χ3v) is 6.13. The summed E-state index contributed by atoms with van der Waals surface area (Å²) in [6.07, 6.45) is 0. The smallest absolute Gasteiger partial charge is 0.237 e. The monoisotopic (exact) mass is 489 g/mol. The van der Waals surface area contributed by atoms with Gasteiger partial charge in [-0.2, -0.15) is 4.98 Å². The normalized spacial score (nSPS) is 11.0. The Kier molecular flexibility index (Phi) is 6.60. The largest absolute Gasteiger partial charge is 0.494 e. The number of thioether (sulfide) groups is 1. The highest BCUT2D eigenvalue weighted by Crippen LogP contribution is 2.30. The molecule has 5 rings (SSSR count). The minimum atomic E-state index is 0.449. The maximum atomic E-state index is 6.11. The van der Waals surface area contributed by atoms with E-state index in [-0.39, 0.29) is 0 Å². The summed E-state index contributed by atoms with van der Waals surface area (Å²) in [6.45, 7) is 2.57. The molecule has 0 aliphatic carbocycles. The van der Waals surface area contributed by atoms with Crippen LogP contribution in [0.5, 0.6) is 5.75 Å². The SMILES string of the molecule is CCOc1ccc(-c2noc(CSc3nnc(-c4ccccc4)n3-c3ccc(Cl)cc3)n2)cc1. The Hall–Kier alpha value is -3.62. The van der Waals surface area contributed by atoms with Crippen LogP contribution in [0.2, 0.25) is 5.02 Å². The zero-order chi connectivity index (χ0) is 23.3. The highest BCUT2D eigenvalue weighted by Gasteiger charge is 2.18. The van der Waals surface area contributed by atoms with E-state index in [0.717, 1.165) is 28.4 Å². The average molecular weight is 490 g/mol. The van der Waals surface area contributed by atoms with Gasteiger partial charge in [-0.05, 0) is 55.5 Å². The van der Waals surface area contributed by atoms with Crippen LogP contribution in [-0.4, -0.2) is 31.5 Å². The lowest BCUT2D eigenvalue weighted by molar-refractivity contribution is 0.340. The van der Waals surface area contributed by atoms with Crippen LogP contribution in [0.15, 0.2) is 88.5 Å². The number of benzene rings is 3. The van der Waals surface area contributed by atoms with Crippen molar-refractivity contribution in [3.8, 4) is 34.2 Å². The Labute approximate surface area is 205 Å². The van der Waals surface area contributed by atoms with Crippen LogP contribution in [-0.2, 0) is 5.75 Å². The second-order valence-corrected chi connectivity index (χ2v) is 8.62. The number of hydrogen-bond donors (Lipinski definition) is 0. The van der Waals surface area contributed by atoms with E-state index in [2.05, 4.69) is 20.3 Å². The predicted molar refractivity (Wildman–Crippen MR) is 132 cm³/mol. The molecule has 0 unspecified atom stereocenters. The van der Waals surface area contributed by atoms with E-state index in [4.69, 9.17) is 20.9 Å². The summed E-state index contributed by atoms with van der Waals surface area (Å²) in [5.41, 5.74) is 2.74. The second kappa shape index (κ2) is 10.1. The van der Waals surface area contributed by atoms with E-state index in [0.29, 0.717) is 34.3 Å². The van der Waals surface area contributed by atoms with Gasteiger partial charge in [-0.15, -0.1) is 10.2 Å². The molecule has 0 saturated heterocycles. The van der Waals surface area contributed by atoms with Crippen molar-refractivity contribution in [3.05, 3.63) is 89.8 Å². The van der Waals surface area contributed by atoms with Gasteiger partial charge in [0, 0.05) is 21.8 Å². The molecule has 0 aliphatic rings. The van der Waals surface area contributed by atoms with E-state index < -0.39 is 0 Å². The lowest BCUT2D eigenvalue weighted by atomic mass is 10.2. The van der Waals surface area contributed by atoms with Crippen molar-refractivity contribution in [2.24, 2.45) is 0 Å². The zero-order valence-corrected chi connectivity index (χ0v) is 19.8. The first-order valence-corrected chi connectivity index (χ1v) is 12.0. The van der Waals surface area contributed by atoms with Gasteiger partial charge in [0.1, 0.15) is 5.75 Å². The molecule has 0 radical (unpaired) electrons. The van der Waals surface area contributed by atoms with Crippen LogP contribution in [0.25, 0.3) is 28.5 Å². The molecule has 2 heterocycles. The molecule has 3 aromatic carbocycles. The van der Waals surface area contributed by atoms with Gasteiger partial charge in [-0.25, -0.2) is 0 Å². The number of nitrogens with zero attached hydrogens (tertiary/aromatic N) is 5. The minimum Gasteiger partial charge on any atom is -0.494 e. The molecule has 0 bridgehead atoms. The number of aromatic nitrogens is 5. The molecule has 9 heteroatoms. The fourth-order valence-corrected chi connectivity index (χ4v) is 4.30. The van der Waals surface area contributed by atoms with Crippen molar-refractivity contribution < 1.29 is 9.26 Å². The fraction of sp³-hybridized carbons (Fsp3) is 0.120. The van der Waals surface area contributed by atoms with Crippen molar-refractivity contribution >= 4 is 23.4 Å². The van der Waals surface area contributed by atoms with Crippen molar-refractivity contribution in [1.82, 2.24) is 24.9 Å². The fourth-order valence-electron chi connectivity index (χ4n) is 3.38. The quantitative estimate of drug-likeness (QED) is 0.236. The summed E-state index contributed by atoms with van der Waals surface area (Å²) >= 11 is 7.58. The first kappa shape index (κ1) is 22.2. The lowest BCUT2D eigenvalue weighted by Crippen LogP contribution is -1.99. The maximum absolute atomic E-state index is 6.11. The summed E-state index contributed by atoms with van der Waals surface area (Å²) in [6, 6.07) is 25.1. The standard InChI is InChI=1S/C25H20ClN5O2S/c1-2-32-21-14-8-17(9-15-21)23-27-22(33-30-23)16-34-25-29-28-24(18-6-4-3-5-7-18)31(25)20-12-10-19(26)11-13-20/h3-15H,2,16H2,1H3. The number of halogens is 1. The highest BCUT2D eigenvalue weighted by molar-refractivity contribution is 7.98. The summed E-state index contributed by atoms with van der Waals surface area (Å²) in [7, 11) is 0. The van der Waals surface area contributed by atoms with Gasteiger partial charge in [0.25, 0.3) is 0 Å². The number of rotatable bonds is 8. The van der Waals surface area contributed by atoms with Gasteiger partial charge in [0.05, 0.1) is 12.4 Å². The second-order valence-electron chi connectivity index (χ2n) is 7.24. The number of hydrogen-bond acceptors (Lipinski definition) is 7. The van der Waals surface area contributed by atoms with Crippen LogP contribution >= 0.6 is 23.4 Å². The van der Waals surface area contributed by atoms with Crippen molar-refractivity contribution in [2.45, 2.75) is 17.8 Å². The Morgan fingerprint density at radius 3 is 2.41 bits per heavy atom. The minimum absolute atomic E-state index is 0.449. The summed E-state index contributed by atoms with van der Waals surface area (Å²) in [5, 5.41) is 14.4. The van der Waals surface area contributed by atoms with Gasteiger partial charge in [-0.1, -0.05) is 58.9 Å². The topological polar surface area (TPSA) is 78.9 Å². The van der Waals surface area contributed by atoms with Gasteiger partial charge < -0.3 is 9.26 Å². The van der Waals surface area contributed by atoms with Crippen molar-refractivity contribution in [2.75, 3.05) is 6.61 Å². The Morgan fingerprint density at radius 1 is 0.912 bits per heavy atom. The third-order valence-electron chi connectivity index (χ3n) is 4.97. The van der Waals surface area contributed by atoms with Crippen LogP contribution in [0.3, 0.4) is 0 Å². The van der Waals surface area contributed by atoms with Crippen molar-refractivity contribution in [3.63, 3.8) is 0 Å². The molecular weight excluding hydrogens is 470 g/mol. The van der Waals surface area contributed by atoms with Gasteiger partial charge in [0.15, 0.2) is 11.0 Å². The van der Waals surface area contributed by atoms with Crippen LogP contribution < -0.4 is 4.74 Å². The van der Waals surface area contributed by atoms with Gasteiger partial charge in [-0.3, -0.25) is 4.57 Å². The van der Waals surface area contributed by atoms with E-state index in [1.807, 2.05) is 90.4 Å². The molecule has 0 aliphatic heterocycles. The molecule has 0 amide bonds. The predicted octanol–water partition coefficient (Wildman–Crippen LogP) is 6.33. The van der Waals surface area contributed by atoms with E-state index in [9.17, 15) is 0 Å². The summed E-state index contributed by atoms with van der Waals surface area (Å²) in [5.74, 6) is 3.03. The van der Waals surface area contributed by atoms with Gasteiger partial charge in [0.2, 0.25) is 11.7 Å². The average Bonchev–Trinajstić information content (AvgIpc) is 3.52. The Morgan fingerprint density at radius 2 is 1.68 bits per heavy atom. The molecule has 170 valence electrons. The van der Waals surface area contributed by atoms with E-state index in [1.54, 1.807) is 0 Å². The van der Waals surface area contributed by atoms with Crippen molar-refractivity contribution in [1.29, 1.82) is 0 Å². The number of ether oxygens (including phenoxy) is 1. The summed E-state index contributed by atoms with van der Waals surface area (Å²) < 4.78 is 13.0. The zero-order valence-electron chi connectivity index (χ0n) is 18.3. The molecule has 0 N–H and O–H groups in total. The molecule has 5 aromatic rings. The third kappa shape index (κ3) is 4.83. The summed E-state index contributed by atoms with van der Waals surface area (Å²) in [4.78, 5) is 4.54. The maximum Gasteiger partial charge on any atom is 0.237 e. The molecule has 7 nitrogen and oxygen atoms in total. The Balaban J connectivity index is 1.39. The first-order valence-electron chi connectivity index (χ1n) is 10.7. The molecule has 34 heavy (non-hydrogen) atoms.